The minimum atomic E-state index is -0.402. The standard InChI is InChI=1S/C20H20ClN5O4S/c1-11-17(28-2)16(13-3-5-22-15(21)7-13)14(8-23-11)18(27)24-19-25-26-20(31-19)30-10-12-4-6-29-9-12/h3,5,7-8,12H,4,6,9-10H2,1-2H3,(H,24,25,27)/t12-/m0/s1. The lowest BCUT2D eigenvalue weighted by Gasteiger charge is -2.15. The normalized spacial score (nSPS) is 15.6. The van der Waals surface area contributed by atoms with Gasteiger partial charge in [-0.1, -0.05) is 16.7 Å². The molecule has 1 aliphatic rings. The first kappa shape index (κ1) is 21.4. The number of carbonyl (C=O) groups excluding carboxylic acids is 1. The van der Waals surface area contributed by atoms with Gasteiger partial charge in [0.2, 0.25) is 5.13 Å². The van der Waals surface area contributed by atoms with Crippen LogP contribution in [0.25, 0.3) is 11.1 Å². The second kappa shape index (κ2) is 9.54. The molecule has 3 aromatic rings. The van der Waals surface area contributed by atoms with Crippen LogP contribution in [0, 0.1) is 12.8 Å². The number of aryl methyl sites for hydroxylation is 1. The molecule has 4 heterocycles. The fraction of sp³-hybridized carbons (Fsp3) is 0.350. The van der Waals surface area contributed by atoms with Gasteiger partial charge < -0.3 is 14.2 Å². The molecule has 162 valence electrons. The lowest BCUT2D eigenvalue weighted by molar-refractivity contribution is 0.102. The van der Waals surface area contributed by atoms with Gasteiger partial charge in [-0.25, -0.2) is 4.98 Å². The number of hydrogen-bond acceptors (Lipinski definition) is 9. The van der Waals surface area contributed by atoms with E-state index in [0.29, 0.717) is 62.7 Å². The highest BCUT2D eigenvalue weighted by atomic mass is 35.5. The summed E-state index contributed by atoms with van der Waals surface area (Å²) in [7, 11) is 1.53. The number of nitrogens with zero attached hydrogens (tertiary/aromatic N) is 4. The molecule has 1 saturated heterocycles. The van der Waals surface area contributed by atoms with E-state index in [-0.39, 0.29) is 0 Å². The molecule has 3 aromatic heterocycles. The number of methoxy groups -OCH3 is 1. The molecule has 11 heteroatoms. The van der Waals surface area contributed by atoms with Crippen LogP contribution in [-0.2, 0) is 4.74 Å². The first-order chi connectivity index (χ1) is 15.0. The molecule has 4 rings (SSSR count). The Kier molecular flexibility index (Phi) is 6.59. The van der Waals surface area contributed by atoms with Crippen LogP contribution >= 0.6 is 22.9 Å². The number of rotatable bonds is 7. The average molecular weight is 462 g/mol. The molecule has 1 aliphatic heterocycles. The van der Waals surface area contributed by atoms with Crippen molar-refractivity contribution < 1.29 is 19.0 Å². The summed E-state index contributed by atoms with van der Waals surface area (Å²) in [6.07, 6.45) is 4.03. The van der Waals surface area contributed by atoms with E-state index in [1.54, 1.807) is 25.3 Å². The monoisotopic (exact) mass is 461 g/mol. The van der Waals surface area contributed by atoms with Crippen molar-refractivity contribution >= 4 is 34.0 Å². The third-order valence-corrected chi connectivity index (χ3v) is 5.73. The fourth-order valence-electron chi connectivity index (χ4n) is 3.24. The molecule has 0 bridgehead atoms. The minimum absolute atomic E-state index is 0.305. The van der Waals surface area contributed by atoms with Crippen molar-refractivity contribution in [3.63, 3.8) is 0 Å². The lowest BCUT2D eigenvalue weighted by atomic mass is 9.99. The maximum absolute atomic E-state index is 13.1. The highest BCUT2D eigenvalue weighted by Crippen LogP contribution is 2.36. The van der Waals surface area contributed by atoms with Gasteiger partial charge in [0.1, 0.15) is 10.9 Å². The molecule has 0 aliphatic carbocycles. The van der Waals surface area contributed by atoms with Gasteiger partial charge in [-0.2, -0.15) is 0 Å². The van der Waals surface area contributed by atoms with Crippen molar-refractivity contribution in [2.75, 3.05) is 32.2 Å². The van der Waals surface area contributed by atoms with Gasteiger partial charge in [0.15, 0.2) is 0 Å². The molecule has 31 heavy (non-hydrogen) atoms. The van der Waals surface area contributed by atoms with Crippen LogP contribution in [0.15, 0.2) is 24.5 Å². The van der Waals surface area contributed by atoms with E-state index < -0.39 is 5.91 Å². The highest BCUT2D eigenvalue weighted by Gasteiger charge is 2.22. The molecule has 9 nitrogen and oxygen atoms in total. The number of ether oxygens (including phenoxy) is 3. The van der Waals surface area contributed by atoms with Crippen LogP contribution in [0.4, 0.5) is 5.13 Å². The van der Waals surface area contributed by atoms with E-state index in [1.165, 1.54) is 13.3 Å². The van der Waals surface area contributed by atoms with Crippen molar-refractivity contribution in [3.8, 4) is 22.1 Å². The van der Waals surface area contributed by atoms with E-state index in [1.807, 2.05) is 0 Å². The molecule has 0 unspecified atom stereocenters. The smallest absolute Gasteiger partial charge is 0.295 e. The zero-order chi connectivity index (χ0) is 21.8. The highest BCUT2D eigenvalue weighted by molar-refractivity contribution is 7.17. The first-order valence-electron chi connectivity index (χ1n) is 9.56. The number of carbonyl (C=O) groups is 1. The summed E-state index contributed by atoms with van der Waals surface area (Å²) in [5.41, 5.74) is 2.21. The van der Waals surface area contributed by atoms with E-state index in [0.717, 1.165) is 24.4 Å². The first-order valence-corrected chi connectivity index (χ1v) is 10.8. The summed E-state index contributed by atoms with van der Waals surface area (Å²) >= 11 is 7.22. The van der Waals surface area contributed by atoms with Gasteiger partial charge in [-0.05, 0) is 42.4 Å². The van der Waals surface area contributed by atoms with E-state index >= 15 is 0 Å². The Morgan fingerprint density at radius 1 is 1.39 bits per heavy atom. The van der Waals surface area contributed by atoms with Gasteiger partial charge in [0.25, 0.3) is 11.1 Å². The van der Waals surface area contributed by atoms with Crippen LogP contribution in [0.5, 0.6) is 10.9 Å². The Morgan fingerprint density at radius 3 is 3.00 bits per heavy atom. The van der Waals surface area contributed by atoms with Crippen LogP contribution in [-0.4, -0.2) is 53.0 Å². The SMILES string of the molecule is COc1c(C)ncc(C(=O)Nc2nnc(OC[C@H]3CCOC3)s2)c1-c1ccnc(Cl)c1. The Labute approximate surface area is 187 Å². The second-order valence-corrected chi connectivity index (χ2v) is 8.23. The molecule has 0 spiro atoms. The quantitative estimate of drug-likeness (QED) is 0.531. The Balaban J connectivity index is 1.56. The third kappa shape index (κ3) is 4.92. The van der Waals surface area contributed by atoms with Crippen LogP contribution in [0.2, 0.25) is 5.15 Å². The van der Waals surface area contributed by atoms with E-state index in [4.69, 9.17) is 25.8 Å². The predicted octanol–water partition coefficient (Wildman–Crippen LogP) is 3.63. The van der Waals surface area contributed by atoms with Gasteiger partial charge >= 0.3 is 0 Å². The molecule has 0 radical (unpaired) electrons. The van der Waals surface area contributed by atoms with Crippen molar-refractivity contribution in [1.82, 2.24) is 20.2 Å². The third-order valence-electron chi connectivity index (χ3n) is 4.77. The fourth-order valence-corrected chi connectivity index (χ4v) is 4.01. The summed E-state index contributed by atoms with van der Waals surface area (Å²) in [4.78, 5) is 21.4. The maximum Gasteiger partial charge on any atom is 0.295 e. The predicted molar refractivity (Wildman–Crippen MR) is 116 cm³/mol. The van der Waals surface area contributed by atoms with E-state index in [2.05, 4.69) is 25.5 Å². The van der Waals surface area contributed by atoms with E-state index in [9.17, 15) is 4.79 Å². The number of aromatic nitrogens is 4. The summed E-state index contributed by atoms with van der Waals surface area (Å²) < 4.78 is 16.5. The molecule has 1 amide bonds. The van der Waals surface area contributed by atoms with Crippen LogP contribution < -0.4 is 14.8 Å². The number of hydrogen-bond donors (Lipinski definition) is 1. The average Bonchev–Trinajstić information content (AvgIpc) is 3.44. The Hall–Kier alpha value is -2.82. The van der Waals surface area contributed by atoms with Gasteiger partial charge in [-0.3, -0.25) is 15.1 Å². The number of anilines is 1. The maximum atomic E-state index is 13.1. The molecular formula is C20H20ClN5O4S. The summed E-state index contributed by atoms with van der Waals surface area (Å²) in [5.74, 6) is 0.429. The number of pyridine rings is 2. The van der Waals surface area contributed by atoms with Gasteiger partial charge in [0.05, 0.1) is 31.6 Å². The lowest BCUT2D eigenvalue weighted by Crippen LogP contribution is -2.14. The van der Waals surface area contributed by atoms with Crippen molar-refractivity contribution in [1.29, 1.82) is 0 Å². The van der Waals surface area contributed by atoms with Crippen LogP contribution in [0.1, 0.15) is 22.5 Å². The number of nitrogens with one attached hydrogen (secondary N) is 1. The van der Waals surface area contributed by atoms with Crippen molar-refractivity contribution in [3.05, 3.63) is 40.9 Å². The Morgan fingerprint density at radius 2 is 2.26 bits per heavy atom. The van der Waals surface area contributed by atoms with Crippen LogP contribution in [0.3, 0.4) is 0 Å². The minimum Gasteiger partial charge on any atom is -0.494 e. The molecule has 1 N–H and O–H groups in total. The molecule has 0 aromatic carbocycles. The zero-order valence-electron chi connectivity index (χ0n) is 16.9. The second-order valence-electron chi connectivity index (χ2n) is 6.90. The molecule has 1 fully saturated rings. The Bertz CT molecular complexity index is 1090. The van der Waals surface area contributed by atoms with Gasteiger partial charge in [-0.15, -0.1) is 5.10 Å². The molecule has 0 saturated carbocycles. The topological polar surface area (TPSA) is 108 Å². The van der Waals surface area contributed by atoms with Crippen molar-refractivity contribution in [2.24, 2.45) is 5.92 Å². The number of amides is 1. The van der Waals surface area contributed by atoms with Gasteiger partial charge in [0, 0.05) is 30.5 Å². The summed E-state index contributed by atoms with van der Waals surface area (Å²) in [6.45, 7) is 3.75. The molecular weight excluding hydrogens is 442 g/mol. The number of halogens is 1. The summed E-state index contributed by atoms with van der Waals surface area (Å²) in [5, 5.41) is 11.8. The van der Waals surface area contributed by atoms with Crippen molar-refractivity contribution in [2.45, 2.75) is 13.3 Å². The summed E-state index contributed by atoms with van der Waals surface area (Å²) in [6, 6.07) is 3.42. The molecule has 1 atom stereocenters. The zero-order valence-corrected chi connectivity index (χ0v) is 18.5. The largest absolute Gasteiger partial charge is 0.494 e.